The first-order chi connectivity index (χ1) is 11.2. The summed E-state index contributed by atoms with van der Waals surface area (Å²) in [4.78, 5) is 23.6. The lowest BCUT2D eigenvalue weighted by Crippen LogP contribution is -2.31. The van der Waals surface area contributed by atoms with Gasteiger partial charge in [0.15, 0.2) is 5.13 Å². The van der Waals surface area contributed by atoms with Crippen LogP contribution in [0.15, 0.2) is 6.07 Å². The average molecular weight is 423 g/mol. The highest BCUT2D eigenvalue weighted by Gasteiger charge is 2.38. The minimum Gasteiger partial charge on any atom is -0.349 e. The van der Waals surface area contributed by atoms with E-state index in [-0.39, 0.29) is 30.7 Å². The number of thiophene rings is 1. The first-order valence-corrected chi connectivity index (χ1v) is 9.98. The third-order valence-electron chi connectivity index (χ3n) is 5.00. The molecule has 0 saturated carbocycles. The van der Waals surface area contributed by atoms with E-state index < -0.39 is 0 Å². The number of rotatable bonds is 4. The summed E-state index contributed by atoms with van der Waals surface area (Å²) in [6.07, 6.45) is 0. The van der Waals surface area contributed by atoms with Gasteiger partial charge in [-0.1, -0.05) is 11.3 Å². The Labute approximate surface area is 168 Å². The number of nitrogens with one attached hydrogen (secondary N) is 1. The van der Waals surface area contributed by atoms with Crippen LogP contribution >= 0.6 is 47.5 Å². The molecule has 0 unspecified atom stereocenters. The molecular formula is C16H24Cl2N4OS2. The van der Waals surface area contributed by atoms with E-state index >= 15 is 0 Å². The van der Waals surface area contributed by atoms with Crippen LogP contribution in [-0.2, 0) is 0 Å². The highest BCUT2D eigenvalue weighted by Crippen LogP contribution is 2.36. The van der Waals surface area contributed by atoms with Gasteiger partial charge in [0.1, 0.15) is 4.83 Å². The number of carbonyl (C=O) groups is 1. The number of anilines is 1. The predicted molar refractivity (Wildman–Crippen MR) is 111 cm³/mol. The zero-order valence-corrected chi connectivity index (χ0v) is 17.6. The molecule has 0 aromatic carbocycles. The van der Waals surface area contributed by atoms with Gasteiger partial charge >= 0.3 is 0 Å². The maximum Gasteiger partial charge on any atom is 0.264 e. The number of nitrogens with zero attached hydrogens (tertiary/aromatic N) is 3. The van der Waals surface area contributed by atoms with Crippen molar-refractivity contribution in [3.8, 4) is 0 Å². The van der Waals surface area contributed by atoms with E-state index in [1.807, 2.05) is 11.0 Å². The summed E-state index contributed by atoms with van der Waals surface area (Å²) in [5, 5.41) is 4.49. The van der Waals surface area contributed by atoms with Crippen molar-refractivity contribution in [2.45, 2.75) is 13.8 Å². The highest BCUT2D eigenvalue weighted by molar-refractivity contribution is 7.29. The zero-order valence-electron chi connectivity index (χ0n) is 14.4. The molecule has 25 heavy (non-hydrogen) atoms. The fourth-order valence-corrected chi connectivity index (χ4v) is 5.94. The Balaban J connectivity index is 0.00000113. The van der Waals surface area contributed by atoms with Crippen molar-refractivity contribution in [2.75, 3.05) is 44.2 Å². The van der Waals surface area contributed by atoms with Gasteiger partial charge in [0.2, 0.25) is 0 Å². The largest absolute Gasteiger partial charge is 0.349 e. The van der Waals surface area contributed by atoms with Gasteiger partial charge in [0.05, 0.1) is 9.58 Å². The number of hydrogen-bond acceptors (Lipinski definition) is 6. The number of amides is 1. The standard InChI is InChI=1S/C16H22N4OS2.2ClH/c1-3-19(4-2)16-18-14-12(23-16)5-13(22-14)15(21)20-8-10-6-17-7-11(10)9-20;;/h5,10-11,17H,3-4,6-9H2,1-2H3;2*1H/t10-,11+;;. The molecule has 4 heterocycles. The molecule has 2 aromatic heterocycles. The van der Waals surface area contributed by atoms with Gasteiger partial charge in [-0.05, 0) is 31.7 Å². The Kier molecular flexibility index (Phi) is 6.95. The number of likely N-dealkylation sites (tertiary alicyclic amines) is 1. The molecule has 0 radical (unpaired) electrons. The van der Waals surface area contributed by atoms with Crippen molar-refractivity contribution in [3.63, 3.8) is 0 Å². The Morgan fingerprint density at radius 2 is 1.88 bits per heavy atom. The van der Waals surface area contributed by atoms with Crippen molar-refractivity contribution >= 4 is 68.1 Å². The Morgan fingerprint density at radius 3 is 2.44 bits per heavy atom. The summed E-state index contributed by atoms with van der Waals surface area (Å²) in [5.41, 5.74) is 0. The van der Waals surface area contributed by atoms with E-state index in [9.17, 15) is 4.79 Å². The smallest absolute Gasteiger partial charge is 0.264 e. The molecule has 0 spiro atoms. The van der Waals surface area contributed by atoms with Crippen molar-refractivity contribution in [3.05, 3.63) is 10.9 Å². The van der Waals surface area contributed by atoms with Crippen molar-refractivity contribution in [1.82, 2.24) is 15.2 Å². The Morgan fingerprint density at radius 1 is 1.24 bits per heavy atom. The molecule has 2 aliphatic rings. The fraction of sp³-hybridized carbons (Fsp3) is 0.625. The van der Waals surface area contributed by atoms with Crippen LogP contribution in [0.3, 0.4) is 0 Å². The summed E-state index contributed by atoms with van der Waals surface area (Å²) in [6, 6.07) is 2.04. The Bertz CT molecular complexity index is 687. The number of thiazole rings is 1. The third-order valence-corrected chi connectivity index (χ3v) is 7.21. The number of aromatic nitrogens is 1. The summed E-state index contributed by atoms with van der Waals surface area (Å²) in [5.74, 6) is 1.49. The quantitative estimate of drug-likeness (QED) is 0.820. The van der Waals surface area contributed by atoms with E-state index in [0.29, 0.717) is 11.8 Å². The van der Waals surface area contributed by atoms with Gasteiger partial charge in [-0.25, -0.2) is 4.98 Å². The van der Waals surface area contributed by atoms with E-state index in [0.717, 1.165) is 58.8 Å². The van der Waals surface area contributed by atoms with Gasteiger partial charge < -0.3 is 15.1 Å². The Hall–Kier alpha value is -0.600. The van der Waals surface area contributed by atoms with Crippen LogP contribution in [0.1, 0.15) is 23.5 Å². The SMILES string of the molecule is CCN(CC)c1nc2sc(C(=O)N3C[C@H]4CNC[C@H]4C3)cc2s1.Cl.Cl. The zero-order chi connectivity index (χ0) is 16.0. The summed E-state index contributed by atoms with van der Waals surface area (Å²) in [6.45, 7) is 10.1. The molecule has 0 bridgehead atoms. The maximum atomic E-state index is 12.8. The molecule has 2 aromatic rings. The lowest BCUT2D eigenvalue weighted by atomic mass is 10.0. The van der Waals surface area contributed by atoms with Crippen LogP contribution in [0, 0.1) is 11.8 Å². The summed E-state index contributed by atoms with van der Waals surface area (Å²) < 4.78 is 1.14. The van der Waals surface area contributed by atoms with E-state index in [1.165, 1.54) is 0 Å². The van der Waals surface area contributed by atoms with Gasteiger partial charge in [0, 0.05) is 39.3 Å². The lowest BCUT2D eigenvalue weighted by Gasteiger charge is -2.17. The molecule has 5 nitrogen and oxygen atoms in total. The van der Waals surface area contributed by atoms with Gasteiger partial charge in [0.25, 0.3) is 5.91 Å². The maximum absolute atomic E-state index is 12.8. The second kappa shape index (κ2) is 8.39. The highest BCUT2D eigenvalue weighted by atomic mass is 35.5. The number of fused-ring (bicyclic) bond motifs is 2. The van der Waals surface area contributed by atoms with E-state index in [4.69, 9.17) is 4.98 Å². The van der Waals surface area contributed by atoms with Crippen molar-refractivity contribution in [2.24, 2.45) is 11.8 Å². The fourth-order valence-electron chi connectivity index (χ4n) is 3.64. The van der Waals surface area contributed by atoms with Gasteiger partial charge in [-0.15, -0.1) is 36.2 Å². The summed E-state index contributed by atoms with van der Waals surface area (Å²) >= 11 is 3.24. The number of carbonyl (C=O) groups excluding carboxylic acids is 1. The molecular weight excluding hydrogens is 399 g/mol. The van der Waals surface area contributed by atoms with Crippen LogP contribution < -0.4 is 10.2 Å². The minimum absolute atomic E-state index is 0. The molecule has 2 aliphatic heterocycles. The molecule has 0 aliphatic carbocycles. The van der Waals surface area contributed by atoms with Crippen molar-refractivity contribution in [1.29, 1.82) is 0 Å². The molecule has 1 N–H and O–H groups in total. The van der Waals surface area contributed by atoms with Crippen LogP contribution in [-0.4, -0.2) is 55.1 Å². The third kappa shape index (κ3) is 3.76. The van der Waals surface area contributed by atoms with Crippen LogP contribution in [0.25, 0.3) is 9.53 Å². The first kappa shape index (κ1) is 20.7. The summed E-state index contributed by atoms with van der Waals surface area (Å²) in [7, 11) is 0. The molecule has 2 fully saturated rings. The second-order valence-electron chi connectivity index (χ2n) is 6.34. The van der Waals surface area contributed by atoms with E-state index in [1.54, 1.807) is 22.7 Å². The monoisotopic (exact) mass is 422 g/mol. The van der Waals surface area contributed by atoms with Crippen LogP contribution in [0.5, 0.6) is 0 Å². The first-order valence-electron chi connectivity index (χ1n) is 8.34. The van der Waals surface area contributed by atoms with Gasteiger partial charge in [-0.2, -0.15) is 0 Å². The molecule has 1 amide bonds. The van der Waals surface area contributed by atoms with Gasteiger partial charge in [-0.3, -0.25) is 4.79 Å². The van der Waals surface area contributed by atoms with E-state index in [2.05, 4.69) is 24.1 Å². The molecule has 2 saturated heterocycles. The molecule has 140 valence electrons. The van der Waals surface area contributed by atoms with Crippen molar-refractivity contribution < 1.29 is 4.79 Å². The normalized spacial score (nSPS) is 21.8. The molecule has 9 heteroatoms. The number of hydrogen-bond donors (Lipinski definition) is 1. The number of halogens is 2. The van der Waals surface area contributed by atoms with Crippen LogP contribution in [0.4, 0.5) is 5.13 Å². The predicted octanol–water partition coefficient (Wildman–Crippen LogP) is 3.34. The average Bonchev–Trinajstić information content (AvgIpc) is 3.26. The minimum atomic E-state index is 0. The second-order valence-corrected chi connectivity index (χ2v) is 8.38. The topological polar surface area (TPSA) is 48.5 Å². The molecule has 4 rings (SSSR count). The molecule has 2 atom stereocenters. The van der Waals surface area contributed by atoms with Crippen LogP contribution in [0.2, 0.25) is 0 Å². The lowest BCUT2D eigenvalue weighted by molar-refractivity contribution is 0.0786.